The van der Waals surface area contributed by atoms with E-state index in [0.717, 1.165) is 0 Å². The summed E-state index contributed by atoms with van der Waals surface area (Å²) in [5.74, 6) is 0. The fraction of sp³-hybridized carbons (Fsp3) is 0.875. The molecule has 1 amide bonds. The number of hydrogen-bond donors (Lipinski definition) is 1. The fourth-order valence-electron chi connectivity index (χ4n) is 0.768. The molecular weight excluding hydrogens is 174 g/mol. The molecule has 5 nitrogen and oxygen atoms in total. The normalized spacial score (nSPS) is 12.3. The molecule has 0 bridgehead atoms. The van der Waals surface area contributed by atoms with Crippen LogP contribution in [0.5, 0.6) is 0 Å². The number of carbonyl (C=O) groups excluding carboxylic acids is 1. The second-order valence-corrected chi connectivity index (χ2v) is 2.75. The van der Waals surface area contributed by atoms with Crippen molar-refractivity contribution in [3.63, 3.8) is 0 Å². The summed E-state index contributed by atoms with van der Waals surface area (Å²) in [7, 11) is 3.20. The number of likely N-dealkylation sites (N-methyl/N-ethyl adjacent to an activating group) is 1. The summed E-state index contributed by atoms with van der Waals surface area (Å²) in [6.07, 6.45) is -0.446. The second-order valence-electron chi connectivity index (χ2n) is 2.75. The van der Waals surface area contributed by atoms with Crippen molar-refractivity contribution in [1.29, 1.82) is 0 Å². The lowest BCUT2D eigenvalue weighted by molar-refractivity contribution is 0.0638. The molecule has 0 aliphatic carbocycles. The molecule has 78 valence electrons. The van der Waals surface area contributed by atoms with Gasteiger partial charge in [0, 0.05) is 14.2 Å². The van der Waals surface area contributed by atoms with Crippen molar-refractivity contribution in [3.05, 3.63) is 0 Å². The van der Waals surface area contributed by atoms with E-state index in [1.165, 1.54) is 4.90 Å². The first-order valence-electron chi connectivity index (χ1n) is 4.12. The molecule has 0 aliphatic rings. The summed E-state index contributed by atoms with van der Waals surface area (Å²) in [5, 5.41) is 8.42. The molecule has 1 N–H and O–H groups in total. The third-order valence-corrected chi connectivity index (χ3v) is 1.67. The molecule has 0 heterocycles. The quantitative estimate of drug-likeness (QED) is 0.668. The van der Waals surface area contributed by atoms with Gasteiger partial charge in [-0.25, -0.2) is 4.79 Å². The van der Waals surface area contributed by atoms with Gasteiger partial charge in [0.15, 0.2) is 0 Å². The minimum Gasteiger partial charge on any atom is -0.447 e. The molecule has 1 atom stereocenters. The van der Waals surface area contributed by atoms with Crippen LogP contribution in [-0.2, 0) is 9.47 Å². The van der Waals surface area contributed by atoms with Gasteiger partial charge >= 0.3 is 6.09 Å². The van der Waals surface area contributed by atoms with Gasteiger partial charge in [-0.3, -0.25) is 0 Å². The summed E-state index contributed by atoms with van der Waals surface area (Å²) in [6, 6.07) is -0.0313. The van der Waals surface area contributed by atoms with Gasteiger partial charge < -0.3 is 19.5 Å². The van der Waals surface area contributed by atoms with Crippen LogP contribution in [0.1, 0.15) is 6.92 Å². The van der Waals surface area contributed by atoms with E-state index in [1.54, 1.807) is 14.2 Å². The molecule has 0 rings (SSSR count). The van der Waals surface area contributed by atoms with Gasteiger partial charge in [-0.05, 0) is 6.92 Å². The molecular formula is C8H17NO4. The van der Waals surface area contributed by atoms with Gasteiger partial charge in [0.25, 0.3) is 0 Å². The first kappa shape index (κ1) is 12.2. The van der Waals surface area contributed by atoms with E-state index in [0.29, 0.717) is 6.61 Å². The summed E-state index contributed by atoms with van der Waals surface area (Å²) in [4.78, 5) is 12.6. The number of rotatable bonds is 5. The molecule has 13 heavy (non-hydrogen) atoms. The highest BCUT2D eigenvalue weighted by molar-refractivity contribution is 5.67. The van der Waals surface area contributed by atoms with Crippen LogP contribution in [0.3, 0.4) is 0 Å². The fourth-order valence-corrected chi connectivity index (χ4v) is 0.768. The molecule has 0 radical (unpaired) electrons. The minimum absolute atomic E-state index is 0.0306. The van der Waals surface area contributed by atoms with Gasteiger partial charge in [0.1, 0.15) is 6.61 Å². The van der Waals surface area contributed by atoms with Gasteiger partial charge in [0.05, 0.1) is 19.3 Å². The maximum absolute atomic E-state index is 11.2. The number of amides is 1. The van der Waals surface area contributed by atoms with Crippen molar-refractivity contribution >= 4 is 6.09 Å². The highest BCUT2D eigenvalue weighted by Gasteiger charge is 2.16. The number of aliphatic hydroxyl groups excluding tert-OH is 1. The highest BCUT2D eigenvalue weighted by Crippen LogP contribution is 1.98. The van der Waals surface area contributed by atoms with Crippen LogP contribution in [0, 0.1) is 0 Å². The summed E-state index contributed by atoms with van der Waals surface area (Å²) in [6.45, 7) is 2.19. The maximum atomic E-state index is 11.2. The van der Waals surface area contributed by atoms with Gasteiger partial charge in [-0.2, -0.15) is 0 Å². The van der Waals surface area contributed by atoms with E-state index in [2.05, 4.69) is 0 Å². The van der Waals surface area contributed by atoms with Crippen molar-refractivity contribution in [2.75, 3.05) is 34.0 Å². The lowest BCUT2D eigenvalue weighted by atomic mass is 10.3. The third-order valence-electron chi connectivity index (χ3n) is 1.67. The molecule has 0 spiro atoms. The Morgan fingerprint density at radius 1 is 1.62 bits per heavy atom. The zero-order chi connectivity index (χ0) is 10.3. The number of ether oxygens (including phenoxy) is 2. The first-order chi connectivity index (χ1) is 6.13. The van der Waals surface area contributed by atoms with Crippen molar-refractivity contribution in [1.82, 2.24) is 4.90 Å². The monoisotopic (exact) mass is 191 g/mol. The van der Waals surface area contributed by atoms with Crippen LogP contribution in [0.15, 0.2) is 0 Å². The highest BCUT2D eigenvalue weighted by atomic mass is 16.6. The number of aliphatic hydroxyl groups is 1. The van der Waals surface area contributed by atoms with Gasteiger partial charge in [0.2, 0.25) is 0 Å². The number of nitrogens with zero attached hydrogens (tertiary/aromatic N) is 1. The second kappa shape index (κ2) is 6.68. The van der Waals surface area contributed by atoms with E-state index in [-0.39, 0.29) is 19.3 Å². The molecule has 0 saturated heterocycles. The maximum Gasteiger partial charge on any atom is 0.409 e. The lowest BCUT2D eigenvalue weighted by Crippen LogP contribution is -2.38. The van der Waals surface area contributed by atoms with E-state index in [1.807, 2.05) is 6.92 Å². The predicted molar refractivity (Wildman–Crippen MR) is 47.5 cm³/mol. The number of methoxy groups -OCH3 is 1. The van der Waals surface area contributed by atoms with Crippen LogP contribution < -0.4 is 0 Å². The van der Waals surface area contributed by atoms with E-state index < -0.39 is 6.09 Å². The number of carbonyl (C=O) groups is 1. The van der Waals surface area contributed by atoms with Crippen LogP contribution >= 0.6 is 0 Å². The zero-order valence-electron chi connectivity index (χ0n) is 8.32. The van der Waals surface area contributed by atoms with Crippen molar-refractivity contribution in [2.45, 2.75) is 13.0 Å². The Kier molecular flexibility index (Phi) is 6.26. The molecule has 0 fully saturated rings. The zero-order valence-corrected chi connectivity index (χ0v) is 8.32. The molecule has 0 aromatic rings. The van der Waals surface area contributed by atoms with E-state index >= 15 is 0 Å². The molecule has 0 aromatic carbocycles. The Labute approximate surface area is 78.2 Å². The molecule has 0 aromatic heterocycles. The topological polar surface area (TPSA) is 59.0 Å². The SMILES string of the molecule is COCC(C)N(C)C(=O)OCCO. The Morgan fingerprint density at radius 3 is 2.69 bits per heavy atom. The minimum atomic E-state index is -0.446. The molecule has 0 aliphatic heterocycles. The van der Waals surface area contributed by atoms with Crippen molar-refractivity contribution in [3.8, 4) is 0 Å². The van der Waals surface area contributed by atoms with Crippen molar-refractivity contribution in [2.24, 2.45) is 0 Å². The van der Waals surface area contributed by atoms with Crippen LogP contribution in [-0.4, -0.2) is 56.1 Å². The smallest absolute Gasteiger partial charge is 0.409 e. The standard InChI is InChI=1S/C8H17NO4/c1-7(6-12-3)9(2)8(11)13-5-4-10/h7,10H,4-6H2,1-3H3. The number of hydrogen-bond acceptors (Lipinski definition) is 4. The van der Waals surface area contributed by atoms with E-state index in [9.17, 15) is 4.79 Å². The summed E-state index contributed by atoms with van der Waals surface area (Å²) < 4.78 is 9.58. The molecule has 0 saturated carbocycles. The largest absolute Gasteiger partial charge is 0.447 e. The van der Waals surface area contributed by atoms with Gasteiger partial charge in [-0.1, -0.05) is 0 Å². The van der Waals surface area contributed by atoms with Crippen LogP contribution in [0.2, 0.25) is 0 Å². The summed E-state index contributed by atoms with van der Waals surface area (Å²) >= 11 is 0. The Hall–Kier alpha value is -0.810. The Morgan fingerprint density at radius 2 is 2.23 bits per heavy atom. The van der Waals surface area contributed by atoms with Gasteiger partial charge in [-0.15, -0.1) is 0 Å². The molecule has 5 heteroatoms. The Bertz CT molecular complexity index is 151. The summed E-state index contributed by atoms with van der Waals surface area (Å²) in [5.41, 5.74) is 0. The Balaban J connectivity index is 3.79. The average molecular weight is 191 g/mol. The average Bonchev–Trinajstić information content (AvgIpc) is 2.13. The predicted octanol–water partition coefficient (Wildman–Crippen LogP) is 0.0820. The lowest BCUT2D eigenvalue weighted by Gasteiger charge is -2.23. The van der Waals surface area contributed by atoms with Crippen LogP contribution in [0.4, 0.5) is 4.79 Å². The van der Waals surface area contributed by atoms with Crippen LogP contribution in [0.25, 0.3) is 0 Å². The molecule has 1 unspecified atom stereocenters. The first-order valence-corrected chi connectivity index (χ1v) is 4.12. The van der Waals surface area contributed by atoms with Crippen molar-refractivity contribution < 1.29 is 19.4 Å². The third kappa shape index (κ3) is 4.69. The van der Waals surface area contributed by atoms with E-state index in [4.69, 9.17) is 14.6 Å².